The minimum atomic E-state index is -0.347. The molecular weight excluding hydrogens is 334 g/mol. The molecule has 0 aliphatic rings. The molecule has 0 bridgehead atoms. The predicted molar refractivity (Wildman–Crippen MR) is 97.0 cm³/mol. The largest absolute Gasteiger partial charge is 0.462 e. The van der Waals surface area contributed by atoms with Gasteiger partial charge in [0.2, 0.25) is 5.95 Å². The van der Waals surface area contributed by atoms with E-state index in [-0.39, 0.29) is 5.97 Å². The summed E-state index contributed by atoms with van der Waals surface area (Å²) >= 11 is 0. The van der Waals surface area contributed by atoms with Gasteiger partial charge < -0.3 is 19.9 Å². The lowest BCUT2D eigenvalue weighted by Crippen LogP contribution is -2.05. The molecule has 0 saturated carbocycles. The van der Waals surface area contributed by atoms with Gasteiger partial charge in [0.25, 0.3) is 0 Å². The highest BCUT2D eigenvalue weighted by molar-refractivity contribution is 5.89. The summed E-state index contributed by atoms with van der Waals surface area (Å²) in [6.07, 6.45) is 0. The Morgan fingerprint density at radius 2 is 1.85 bits per heavy atom. The monoisotopic (exact) mass is 353 g/mol. The summed E-state index contributed by atoms with van der Waals surface area (Å²) < 4.78 is 10.0. The molecule has 2 aromatic heterocycles. The summed E-state index contributed by atoms with van der Waals surface area (Å²) in [6, 6.07) is 10.5. The van der Waals surface area contributed by atoms with E-state index in [9.17, 15) is 4.79 Å². The van der Waals surface area contributed by atoms with Crippen molar-refractivity contribution in [1.29, 1.82) is 0 Å². The van der Waals surface area contributed by atoms with Gasteiger partial charge in [-0.3, -0.25) is 0 Å². The molecule has 8 heteroatoms. The molecule has 0 aliphatic heterocycles. The second-order valence-corrected chi connectivity index (χ2v) is 5.59. The Labute approximate surface area is 150 Å². The van der Waals surface area contributed by atoms with Gasteiger partial charge in [-0.05, 0) is 45.0 Å². The number of aryl methyl sites for hydroxylation is 2. The summed E-state index contributed by atoms with van der Waals surface area (Å²) in [4.78, 5) is 20.5. The molecule has 0 aliphatic carbocycles. The fraction of sp³-hybridized carbons (Fsp3) is 0.222. The van der Waals surface area contributed by atoms with Crippen LogP contribution >= 0.6 is 0 Å². The van der Waals surface area contributed by atoms with Crippen molar-refractivity contribution >= 4 is 29.2 Å². The van der Waals surface area contributed by atoms with Crippen molar-refractivity contribution in [3.63, 3.8) is 0 Å². The average Bonchev–Trinajstić information content (AvgIpc) is 3.00. The first-order chi connectivity index (χ1) is 12.5. The Hall–Kier alpha value is -3.42. The number of hydrogen-bond acceptors (Lipinski definition) is 8. The van der Waals surface area contributed by atoms with E-state index in [0.29, 0.717) is 35.5 Å². The average molecular weight is 353 g/mol. The van der Waals surface area contributed by atoms with Gasteiger partial charge in [-0.1, -0.05) is 5.16 Å². The quantitative estimate of drug-likeness (QED) is 0.646. The zero-order valence-corrected chi connectivity index (χ0v) is 14.7. The van der Waals surface area contributed by atoms with Crippen LogP contribution in [0.1, 0.15) is 28.7 Å². The first-order valence-corrected chi connectivity index (χ1v) is 8.13. The maximum Gasteiger partial charge on any atom is 0.338 e. The molecule has 0 unspecified atom stereocenters. The molecule has 0 amide bonds. The molecule has 26 heavy (non-hydrogen) atoms. The molecule has 134 valence electrons. The normalized spacial score (nSPS) is 10.4. The zero-order valence-electron chi connectivity index (χ0n) is 14.7. The fourth-order valence-corrected chi connectivity index (χ4v) is 2.28. The highest BCUT2D eigenvalue weighted by Crippen LogP contribution is 2.19. The number of nitrogens with one attached hydrogen (secondary N) is 2. The third-order valence-electron chi connectivity index (χ3n) is 3.39. The van der Waals surface area contributed by atoms with E-state index in [1.54, 1.807) is 43.3 Å². The van der Waals surface area contributed by atoms with Crippen LogP contribution in [0.2, 0.25) is 0 Å². The van der Waals surface area contributed by atoms with Crippen LogP contribution in [-0.4, -0.2) is 27.7 Å². The van der Waals surface area contributed by atoms with Gasteiger partial charge in [-0.2, -0.15) is 4.98 Å². The van der Waals surface area contributed by atoms with Crippen molar-refractivity contribution < 1.29 is 14.1 Å². The van der Waals surface area contributed by atoms with Gasteiger partial charge >= 0.3 is 5.97 Å². The lowest BCUT2D eigenvalue weighted by Gasteiger charge is -2.09. The third kappa shape index (κ3) is 4.35. The lowest BCUT2D eigenvalue weighted by atomic mass is 10.2. The Kier molecular flexibility index (Phi) is 5.12. The number of aromatic nitrogens is 3. The molecule has 1 aromatic carbocycles. The van der Waals surface area contributed by atoms with Crippen LogP contribution in [0.15, 0.2) is 40.9 Å². The van der Waals surface area contributed by atoms with Crippen LogP contribution in [0.3, 0.4) is 0 Å². The summed E-state index contributed by atoms with van der Waals surface area (Å²) in [5.74, 6) is 1.96. The van der Waals surface area contributed by atoms with Crippen molar-refractivity contribution in [3.05, 3.63) is 53.4 Å². The van der Waals surface area contributed by atoms with Gasteiger partial charge in [-0.15, -0.1) is 0 Å². The number of carbonyl (C=O) groups excluding carboxylic acids is 1. The predicted octanol–water partition coefficient (Wildman–Crippen LogP) is 3.75. The van der Waals surface area contributed by atoms with Crippen molar-refractivity contribution in [3.8, 4) is 0 Å². The first kappa shape index (κ1) is 17.4. The number of ether oxygens (including phenoxy) is 1. The number of anilines is 4. The summed E-state index contributed by atoms with van der Waals surface area (Å²) in [5, 5.41) is 10.1. The minimum absolute atomic E-state index is 0.344. The minimum Gasteiger partial charge on any atom is -0.462 e. The highest BCUT2D eigenvalue weighted by Gasteiger charge is 2.08. The molecule has 0 atom stereocenters. The molecule has 2 heterocycles. The van der Waals surface area contributed by atoms with E-state index in [1.165, 1.54) is 0 Å². The number of carbonyl (C=O) groups is 1. The van der Waals surface area contributed by atoms with Crippen molar-refractivity contribution in [2.75, 3.05) is 17.2 Å². The van der Waals surface area contributed by atoms with Gasteiger partial charge in [0.15, 0.2) is 5.82 Å². The Morgan fingerprint density at radius 3 is 2.50 bits per heavy atom. The van der Waals surface area contributed by atoms with Crippen LogP contribution in [0.4, 0.5) is 23.3 Å². The van der Waals surface area contributed by atoms with E-state index in [0.717, 1.165) is 11.4 Å². The molecule has 0 spiro atoms. The molecule has 2 N–H and O–H groups in total. The topological polar surface area (TPSA) is 102 Å². The zero-order chi connectivity index (χ0) is 18.5. The molecule has 8 nitrogen and oxygen atoms in total. The number of nitrogens with zero attached hydrogens (tertiary/aromatic N) is 3. The molecule has 3 aromatic rings. The van der Waals surface area contributed by atoms with E-state index in [2.05, 4.69) is 25.8 Å². The van der Waals surface area contributed by atoms with E-state index in [1.807, 2.05) is 13.8 Å². The maximum atomic E-state index is 11.7. The summed E-state index contributed by atoms with van der Waals surface area (Å²) in [6.45, 7) is 5.80. The summed E-state index contributed by atoms with van der Waals surface area (Å²) in [7, 11) is 0. The number of rotatable bonds is 6. The Bertz CT molecular complexity index is 905. The molecular formula is C18H19N5O3. The van der Waals surface area contributed by atoms with Crippen LogP contribution < -0.4 is 10.6 Å². The Balaban J connectivity index is 1.74. The fourth-order valence-electron chi connectivity index (χ4n) is 2.28. The van der Waals surface area contributed by atoms with Crippen LogP contribution in [0, 0.1) is 13.8 Å². The van der Waals surface area contributed by atoms with Crippen LogP contribution in [-0.2, 0) is 4.74 Å². The van der Waals surface area contributed by atoms with Gasteiger partial charge in [0.05, 0.1) is 12.2 Å². The van der Waals surface area contributed by atoms with Gasteiger partial charge in [0.1, 0.15) is 11.6 Å². The molecule has 0 radical (unpaired) electrons. The van der Waals surface area contributed by atoms with Gasteiger partial charge in [-0.25, -0.2) is 9.78 Å². The van der Waals surface area contributed by atoms with Crippen molar-refractivity contribution in [2.45, 2.75) is 20.8 Å². The third-order valence-corrected chi connectivity index (χ3v) is 3.39. The number of hydrogen-bond donors (Lipinski definition) is 2. The van der Waals surface area contributed by atoms with E-state index < -0.39 is 0 Å². The van der Waals surface area contributed by atoms with Crippen LogP contribution in [0.5, 0.6) is 0 Å². The molecule has 0 fully saturated rings. The van der Waals surface area contributed by atoms with Gasteiger partial charge in [0, 0.05) is 23.5 Å². The smallest absolute Gasteiger partial charge is 0.338 e. The Morgan fingerprint density at radius 1 is 1.08 bits per heavy atom. The standard InChI is InChI=1S/C18H19N5O3/c1-4-25-17(24)13-5-7-14(8-6-13)20-18-19-11(2)9-15(22-18)21-16-10-12(3)26-23-16/h5-10H,4H2,1-3H3,(H2,19,20,21,22,23). The summed E-state index contributed by atoms with van der Waals surface area (Å²) in [5.41, 5.74) is 2.03. The second kappa shape index (κ2) is 7.64. The molecule has 3 rings (SSSR count). The first-order valence-electron chi connectivity index (χ1n) is 8.13. The maximum absolute atomic E-state index is 11.7. The number of benzene rings is 1. The van der Waals surface area contributed by atoms with Crippen molar-refractivity contribution in [2.24, 2.45) is 0 Å². The SMILES string of the molecule is CCOC(=O)c1ccc(Nc2nc(C)cc(Nc3cc(C)on3)n2)cc1. The lowest BCUT2D eigenvalue weighted by molar-refractivity contribution is 0.0526. The van der Waals surface area contributed by atoms with Crippen LogP contribution in [0.25, 0.3) is 0 Å². The van der Waals surface area contributed by atoms with E-state index in [4.69, 9.17) is 9.26 Å². The molecule has 0 saturated heterocycles. The highest BCUT2D eigenvalue weighted by atomic mass is 16.5. The van der Waals surface area contributed by atoms with Crippen molar-refractivity contribution in [1.82, 2.24) is 15.1 Å². The second-order valence-electron chi connectivity index (χ2n) is 5.59. The number of esters is 1. The van der Waals surface area contributed by atoms with E-state index >= 15 is 0 Å².